The first-order chi connectivity index (χ1) is 15.1. The molecule has 0 heterocycles. The number of benzene rings is 2. The molecule has 0 nitrogen and oxygen atoms in total. The van der Waals surface area contributed by atoms with E-state index >= 15 is 4.39 Å². The second-order valence-electron chi connectivity index (χ2n) is 10.1. The fourth-order valence-electron chi connectivity index (χ4n) is 6.31. The quantitative estimate of drug-likeness (QED) is 0.389. The highest BCUT2D eigenvalue weighted by molar-refractivity contribution is 5.85. The van der Waals surface area contributed by atoms with Crippen molar-refractivity contribution in [3.63, 3.8) is 0 Å². The first-order valence-electron chi connectivity index (χ1n) is 12.6. The van der Waals surface area contributed by atoms with Crippen LogP contribution in [0.1, 0.15) is 95.1 Å². The van der Waals surface area contributed by atoms with Gasteiger partial charge in [0, 0.05) is 5.39 Å². The van der Waals surface area contributed by atoms with Gasteiger partial charge in [-0.1, -0.05) is 50.8 Å². The third-order valence-electron chi connectivity index (χ3n) is 8.04. The predicted octanol–water partition coefficient (Wildman–Crippen LogP) is 9.12. The summed E-state index contributed by atoms with van der Waals surface area (Å²) in [6, 6.07) is 7.01. The van der Waals surface area contributed by atoms with Gasteiger partial charge in [0.1, 0.15) is 11.6 Å². The van der Waals surface area contributed by atoms with Gasteiger partial charge in [0.25, 0.3) is 0 Å². The minimum Gasteiger partial charge on any atom is -0.207 e. The van der Waals surface area contributed by atoms with Crippen LogP contribution in [0.25, 0.3) is 10.8 Å². The molecule has 0 aliphatic heterocycles. The lowest BCUT2D eigenvalue weighted by Crippen LogP contribution is -2.30. The van der Waals surface area contributed by atoms with E-state index in [1.54, 1.807) is 12.1 Å². The predicted molar refractivity (Wildman–Crippen MR) is 127 cm³/mol. The number of rotatable bonds is 7. The molecule has 2 saturated carbocycles. The zero-order chi connectivity index (χ0) is 21.8. The van der Waals surface area contributed by atoms with Crippen molar-refractivity contribution >= 4 is 10.8 Å². The first-order valence-corrected chi connectivity index (χ1v) is 12.6. The summed E-state index contributed by atoms with van der Waals surface area (Å²) in [7, 11) is 0. The standard InChI is InChI=1S/C29H38F2/c1-3-5-7-9-21-15-25-18-29(31)26(19-27(25)28(30)16-21)24-13-12-22-14-20(8-6-4-2)10-11-23(22)17-24/h3,5,15-16,18-20,22-24H,4,6-14,17H2,1-2H3. The van der Waals surface area contributed by atoms with Gasteiger partial charge in [-0.25, -0.2) is 8.78 Å². The smallest absolute Gasteiger partial charge is 0.131 e. The number of fused-ring (bicyclic) bond motifs is 2. The molecule has 0 amide bonds. The topological polar surface area (TPSA) is 0 Å². The Hall–Kier alpha value is -1.70. The van der Waals surface area contributed by atoms with Gasteiger partial charge in [0.2, 0.25) is 0 Å². The van der Waals surface area contributed by atoms with Crippen molar-refractivity contribution in [1.82, 2.24) is 0 Å². The van der Waals surface area contributed by atoms with Crippen molar-refractivity contribution in [1.29, 1.82) is 0 Å². The maximum Gasteiger partial charge on any atom is 0.131 e. The Morgan fingerprint density at radius 2 is 1.74 bits per heavy atom. The van der Waals surface area contributed by atoms with E-state index in [1.165, 1.54) is 44.9 Å². The van der Waals surface area contributed by atoms with Crippen molar-refractivity contribution < 1.29 is 8.78 Å². The van der Waals surface area contributed by atoms with Crippen LogP contribution in [0.3, 0.4) is 0 Å². The molecule has 2 aliphatic rings. The number of hydrogen-bond donors (Lipinski definition) is 0. The summed E-state index contributed by atoms with van der Waals surface area (Å²) in [5.41, 5.74) is 1.69. The molecule has 0 aromatic heterocycles. The molecular weight excluding hydrogens is 386 g/mol. The summed E-state index contributed by atoms with van der Waals surface area (Å²) in [4.78, 5) is 0. The van der Waals surface area contributed by atoms with E-state index in [0.717, 1.165) is 54.6 Å². The van der Waals surface area contributed by atoms with Crippen LogP contribution in [0.5, 0.6) is 0 Å². The molecule has 0 saturated heterocycles. The number of halogens is 2. The highest BCUT2D eigenvalue weighted by Gasteiger charge is 2.36. The summed E-state index contributed by atoms with van der Waals surface area (Å²) < 4.78 is 30.1. The molecule has 31 heavy (non-hydrogen) atoms. The SMILES string of the molecule is CC=CCCc1cc(F)c2cc(C3CCC4CC(CCCC)CCC4C3)c(F)cc2c1. The molecular formula is C29H38F2. The van der Waals surface area contributed by atoms with E-state index < -0.39 is 0 Å². The van der Waals surface area contributed by atoms with Crippen LogP contribution in [0.2, 0.25) is 0 Å². The Morgan fingerprint density at radius 1 is 0.935 bits per heavy atom. The molecule has 2 heteroatoms. The number of unbranched alkanes of at least 4 members (excludes halogenated alkanes) is 1. The van der Waals surface area contributed by atoms with Crippen LogP contribution in [0.4, 0.5) is 8.78 Å². The van der Waals surface area contributed by atoms with Crippen LogP contribution in [0.15, 0.2) is 36.4 Å². The summed E-state index contributed by atoms with van der Waals surface area (Å²) >= 11 is 0. The average molecular weight is 425 g/mol. The largest absolute Gasteiger partial charge is 0.207 e. The van der Waals surface area contributed by atoms with E-state index in [2.05, 4.69) is 13.0 Å². The van der Waals surface area contributed by atoms with E-state index in [9.17, 15) is 4.39 Å². The maximum absolute atomic E-state index is 15.2. The molecule has 2 aliphatic carbocycles. The third-order valence-corrected chi connectivity index (χ3v) is 8.04. The van der Waals surface area contributed by atoms with E-state index in [4.69, 9.17) is 0 Å². The Kier molecular flexibility index (Phi) is 7.46. The molecule has 2 aromatic carbocycles. The summed E-state index contributed by atoms with van der Waals surface area (Å²) in [6.07, 6.45) is 17.2. The lowest BCUT2D eigenvalue weighted by atomic mass is 9.63. The third kappa shape index (κ3) is 5.21. The summed E-state index contributed by atoms with van der Waals surface area (Å²) in [6.45, 7) is 4.27. The van der Waals surface area contributed by atoms with Crippen molar-refractivity contribution in [3.05, 3.63) is 59.2 Å². The van der Waals surface area contributed by atoms with Gasteiger partial charge in [0.15, 0.2) is 0 Å². The van der Waals surface area contributed by atoms with Crippen LogP contribution < -0.4 is 0 Å². The van der Waals surface area contributed by atoms with Gasteiger partial charge in [-0.3, -0.25) is 0 Å². The molecule has 2 fully saturated rings. The zero-order valence-electron chi connectivity index (χ0n) is 19.3. The Morgan fingerprint density at radius 3 is 2.55 bits per heavy atom. The van der Waals surface area contributed by atoms with Crippen molar-refractivity contribution in [2.75, 3.05) is 0 Å². The molecule has 2 aromatic rings. The Balaban J connectivity index is 1.49. The molecule has 4 unspecified atom stereocenters. The van der Waals surface area contributed by atoms with Gasteiger partial charge < -0.3 is 0 Å². The molecule has 4 atom stereocenters. The minimum atomic E-state index is -0.209. The minimum absolute atomic E-state index is 0.141. The molecule has 0 radical (unpaired) electrons. The fraction of sp³-hybridized carbons (Fsp3) is 0.586. The molecule has 0 bridgehead atoms. The van der Waals surface area contributed by atoms with Gasteiger partial charge in [-0.2, -0.15) is 0 Å². The van der Waals surface area contributed by atoms with Crippen LogP contribution in [-0.2, 0) is 6.42 Å². The van der Waals surface area contributed by atoms with E-state index in [-0.39, 0.29) is 17.6 Å². The van der Waals surface area contributed by atoms with Gasteiger partial charge in [0.05, 0.1) is 0 Å². The van der Waals surface area contributed by atoms with Crippen molar-refractivity contribution in [2.45, 2.75) is 90.4 Å². The van der Waals surface area contributed by atoms with Gasteiger partial charge >= 0.3 is 0 Å². The highest BCUT2D eigenvalue weighted by atomic mass is 19.1. The van der Waals surface area contributed by atoms with E-state index in [0.29, 0.717) is 10.8 Å². The molecule has 0 spiro atoms. The average Bonchev–Trinajstić information content (AvgIpc) is 2.77. The van der Waals surface area contributed by atoms with Crippen molar-refractivity contribution in [2.24, 2.45) is 17.8 Å². The normalized spacial score (nSPS) is 26.5. The van der Waals surface area contributed by atoms with E-state index in [1.807, 2.05) is 25.1 Å². The summed E-state index contributed by atoms with van der Waals surface area (Å²) in [5.74, 6) is 2.35. The second kappa shape index (κ2) is 10.3. The Bertz CT molecular complexity index is 913. The maximum atomic E-state index is 15.2. The monoisotopic (exact) mass is 424 g/mol. The number of allylic oxidation sites excluding steroid dienone is 2. The molecule has 0 N–H and O–H groups in total. The molecule has 168 valence electrons. The van der Waals surface area contributed by atoms with Crippen LogP contribution in [-0.4, -0.2) is 0 Å². The highest BCUT2D eigenvalue weighted by Crippen LogP contribution is 2.49. The number of hydrogen-bond acceptors (Lipinski definition) is 0. The second-order valence-corrected chi connectivity index (χ2v) is 10.1. The van der Waals surface area contributed by atoms with Gasteiger partial charge in [-0.15, -0.1) is 0 Å². The number of aryl methyl sites for hydroxylation is 1. The Labute approximate surface area is 187 Å². The van der Waals surface area contributed by atoms with Crippen LogP contribution in [0, 0.1) is 29.4 Å². The van der Waals surface area contributed by atoms with Gasteiger partial charge in [-0.05, 0) is 110 Å². The van der Waals surface area contributed by atoms with Crippen molar-refractivity contribution in [3.8, 4) is 0 Å². The molecule has 4 rings (SSSR count). The fourth-order valence-corrected chi connectivity index (χ4v) is 6.31. The summed E-state index contributed by atoms with van der Waals surface area (Å²) in [5, 5.41) is 1.28. The lowest BCUT2D eigenvalue weighted by molar-refractivity contribution is 0.112. The lowest BCUT2D eigenvalue weighted by Gasteiger charge is -2.42. The van der Waals surface area contributed by atoms with Crippen LogP contribution >= 0.6 is 0 Å². The zero-order valence-corrected chi connectivity index (χ0v) is 19.3. The first kappa shape index (κ1) is 22.5.